The molecule has 0 atom stereocenters. The number of hydrogen-bond acceptors (Lipinski definition) is 3. The van der Waals surface area contributed by atoms with Crippen LogP contribution in [-0.4, -0.2) is 19.1 Å². The highest BCUT2D eigenvalue weighted by Gasteiger charge is 2.27. The molecule has 0 unspecified atom stereocenters. The lowest BCUT2D eigenvalue weighted by molar-refractivity contribution is -0.115. The van der Waals surface area contributed by atoms with Crippen molar-refractivity contribution in [3.8, 4) is 11.5 Å². The largest absolute Gasteiger partial charge is 0.493 e. The van der Waals surface area contributed by atoms with Crippen molar-refractivity contribution in [1.82, 2.24) is 0 Å². The minimum atomic E-state index is -0.00643. The summed E-state index contributed by atoms with van der Waals surface area (Å²) in [7, 11) is 0. The Morgan fingerprint density at radius 3 is 2.52 bits per heavy atom. The Labute approximate surface area is 148 Å². The van der Waals surface area contributed by atoms with Gasteiger partial charge in [0.05, 0.1) is 19.6 Å². The van der Waals surface area contributed by atoms with Crippen LogP contribution < -0.4 is 14.8 Å². The van der Waals surface area contributed by atoms with Gasteiger partial charge in [-0.2, -0.15) is 0 Å². The predicted octanol–water partition coefficient (Wildman–Crippen LogP) is 3.66. The number of fused-ring (bicyclic) bond motifs is 2. The van der Waals surface area contributed by atoms with Crippen molar-refractivity contribution in [2.75, 3.05) is 18.5 Å². The van der Waals surface area contributed by atoms with E-state index < -0.39 is 0 Å². The Morgan fingerprint density at radius 2 is 1.76 bits per heavy atom. The Hall–Kier alpha value is -2.49. The van der Waals surface area contributed by atoms with E-state index in [1.54, 1.807) is 0 Å². The zero-order valence-electron chi connectivity index (χ0n) is 15.0. The molecule has 2 aromatic carbocycles. The fraction of sp³-hybridized carbons (Fsp3) is 0.381. The van der Waals surface area contributed by atoms with Gasteiger partial charge in [0.2, 0.25) is 5.91 Å². The lowest BCUT2D eigenvalue weighted by Crippen LogP contribution is -2.17. The molecule has 0 fully saturated rings. The van der Waals surface area contributed by atoms with Gasteiger partial charge in [-0.1, -0.05) is 17.7 Å². The van der Waals surface area contributed by atoms with E-state index in [1.807, 2.05) is 13.8 Å². The number of rotatable bonds is 3. The Kier molecular flexibility index (Phi) is 3.91. The van der Waals surface area contributed by atoms with Crippen LogP contribution >= 0.6 is 0 Å². The summed E-state index contributed by atoms with van der Waals surface area (Å²) in [6.07, 6.45) is 2.05. The summed E-state index contributed by atoms with van der Waals surface area (Å²) in [6, 6.07) is 6.27. The topological polar surface area (TPSA) is 47.6 Å². The smallest absolute Gasteiger partial charge is 0.228 e. The van der Waals surface area contributed by atoms with Crippen molar-refractivity contribution in [1.29, 1.82) is 0 Å². The van der Waals surface area contributed by atoms with Crippen LogP contribution in [0.4, 0.5) is 5.69 Å². The molecule has 0 spiro atoms. The van der Waals surface area contributed by atoms with E-state index in [1.165, 1.54) is 5.56 Å². The van der Waals surface area contributed by atoms with Crippen LogP contribution in [0.2, 0.25) is 0 Å². The van der Waals surface area contributed by atoms with E-state index in [0.29, 0.717) is 19.6 Å². The van der Waals surface area contributed by atoms with Gasteiger partial charge in [0.1, 0.15) is 11.5 Å². The van der Waals surface area contributed by atoms with Gasteiger partial charge in [0, 0.05) is 35.2 Å². The molecule has 4 heteroatoms. The summed E-state index contributed by atoms with van der Waals surface area (Å²) in [5.41, 5.74) is 7.60. The minimum Gasteiger partial charge on any atom is -0.493 e. The van der Waals surface area contributed by atoms with Crippen molar-refractivity contribution >= 4 is 11.6 Å². The maximum absolute atomic E-state index is 12.8. The lowest BCUT2D eigenvalue weighted by Gasteiger charge is -2.15. The molecule has 0 saturated heterocycles. The number of anilines is 1. The number of carbonyl (C=O) groups excluding carboxylic acids is 1. The summed E-state index contributed by atoms with van der Waals surface area (Å²) < 4.78 is 11.6. The van der Waals surface area contributed by atoms with Crippen LogP contribution in [-0.2, 0) is 24.1 Å². The number of aryl methyl sites for hydroxylation is 3. The summed E-state index contributed by atoms with van der Waals surface area (Å²) in [4.78, 5) is 12.8. The van der Waals surface area contributed by atoms with Gasteiger partial charge in [-0.25, -0.2) is 0 Å². The monoisotopic (exact) mass is 337 g/mol. The average molecular weight is 337 g/mol. The first kappa shape index (κ1) is 16.0. The van der Waals surface area contributed by atoms with Crippen LogP contribution in [0.3, 0.4) is 0 Å². The third-order valence-corrected chi connectivity index (χ3v) is 5.04. The fourth-order valence-corrected chi connectivity index (χ4v) is 3.99. The van der Waals surface area contributed by atoms with Crippen LogP contribution in [0.25, 0.3) is 0 Å². The van der Waals surface area contributed by atoms with Gasteiger partial charge in [0.25, 0.3) is 0 Å². The van der Waals surface area contributed by atoms with Gasteiger partial charge in [-0.15, -0.1) is 0 Å². The third-order valence-electron chi connectivity index (χ3n) is 5.04. The molecule has 0 saturated carbocycles. The van der Waals surface area contributed by atoms with E-state index in [-0.39, 0.29) is 5.91 Å². The molecule has 130 valence electrons. The quantitative estimate of drug-likeness (QED) is 0.930. The minimum absolute atomic E-state index is 0.00643. The molecular weight excluding hydrogens is 314 g/mol. The van der Waals surface area contributed by atoms with Crippen LogP contribution in [0.5, 0.6) is 11.5 Å². The summed E-state index contributed by atoms with van der Waals surface area (Å²) in [5.74, 6) is 1.82. The Bertz CT molecular complexity index is 815. The number of benzene rings is 2. The van der Waals surface area contributed by atoms with E-state index in [0.717, 1.165) is 57.8 Å². The molecule has 4 nitrogen and oxygen atoms in total. The van der Waals surface area contributed by atoms with E-state index in [9.17, 15) is 4.79 Å². The highest BCUT2D eigenvalue weighted by atomic mass is 16.5. The first-order valence-corrected chi connectivity index (χ1v) is 8.84. The second-order valence-electron chi connectivity index (χ2n) is 7.02. The van der Waals surface area contributed by atoms with Crippen molar-refractivity contribution in [2.24, 2.45) is 0 Å². The first-order chi connectivity index (χ1) is 12.0. The molecule has 2 aliphatic heterocycles. The zero-order valence-corrected chi connectivity index (χ0v) is 15.0. The first-order valence-electron chi connectivity index (χ1n) is 8.84. The second kappa shape index (κ2) is 6.10. The molecule has 4 rings (SSSR count). The molecule has 0 aliphatic carbocycles. The van der Waals surface area contributed by atoms with Gasteiger partial charge in [-0.3, -0.25) is 4.79 Å². The Balaban J connectivity index is 1.63. The predicted molar refractivity (Wildman–Crippen MR) is 97.8 cm³/mol. The molecule has 25 heavy (non-hydrogen) atoms. The molecule has 2 aromatic rings. The molecule has 0 bridgehead atoms. The molecule has 0 aromatic heterocycles. The Morgan fingerprint density at radius 1 is 1.04 bits per heavy atom. The fourth-order valence-electron chi connectivity index (χ4n) is 3.99. The molecule has 1 amide bonds. The van der Waals surface area contributed by atoms with Crippen LogP contribution in [0, 0.1) is 20.8 Å². The molecule has 1 N–H and O–H groups in total. The maximum atomic E-state index is 12.8. The second-order valence-corrected chi connectivity index (χ2v) is 7.02. The van der Waals surface area contributed by atoms with Crippen molar-refractivity contribution in [2.45, 2.75) is 40.0 Å². The van der Waals surface area contributed by atoms with E-state index in [2.05, 4.69) is 30.4 Å². The average Bonchev–Trinajstić information content (AvgIpc) is 3.19. The van der Waals surface area contributed by atoms with Gasteiger partial charge in [-0.05, 0) is 38.0 Å². The van der Waals surface area contributed by atoms with Gasteiger partial charge >= 0.3 is 0 Å². The molecule has 2 heterocycles. The highest BCUT2D eigenvalue weighted by molar-refractivity contribution is 5.94. The molecule has 2 aliphatic rings. The van der Waals surface area contributed by atoms with Crippen molar-refractivity contribution < 1.29 is 14.3 Å². The number of carbonyl (C=O) groups is 1. The summed E-state index contributed by atoms with van der Waals surface area (Å²) in [5, 5.41) is 3.10. The number of nitrogens with one attached hydrogen (secondary N) is 1. The third kappa shape index (κ3) is 2.86. The van der Waals surface area contributed by atoms with Gasteiger partial charge < -0.3 is 14.8 Å². The number of hydrogen-bond donors (Lipinski definition) is 1. The standard InChI is InChI=1S/C21H23NO3/c1-12-8-13(2)20(14(3)9-12)22-19(23)11-17-16-5-7-24-18(16)10-15-4-6-25-21(15)17/h8-10H,4-7,11H2,1-3H3,(H,22,23). The normalized spacial score (nSPS) is 14.5. The van der Waals surface area contributed by atoms with Gasteiger partial charge in [0.15, 0.2) is 0 Å². The van der Waals surface area contributed by atoms with E-state index >= 15 is 0 Å². The summed E-state index contributed by atoms with van der Waals surface area (Å²) in [6.45, 7) is 7.50. The van der Waals surface area contributed by atoms with Crippen molar-refractivity contribution in [3.63, 3.8) is 0 Å². The lowest BCUT2D eigenvalue weighted by atomic mass is 9.97. The SMILES string of the molecule is Cc1cc(C)c(NC(=O)Cc2c3c(cc4c2OCC4)OCC3)c(C)c1. The molecular formula is C21H23NO3. The maximum Gasteiger partial charge on any atom is 0.228 e. The summed E-state index contributed by atoms with van der Waals surface area (Å²) >= 11 is 0. The van der Waals surface area contributed by atoms with Crippen molar-refractivity contribution in [3.05, 3.63) is 51.6 Å². The molecule has 0 radical (unpaired) electrons. The van der Waals surface area contributed by atoms with E-state index in [4.69, 9.17) is 9.47 Å². The van der Waals surface area contributed by atoms with Crippen LogP contribution in [0.15, 0.2) is 18.2 Å². The highest BCUT2D eigenvalue weighted by Crippen LogP contribution is 2.41. The van der Waals surface area contributed by atoms with Crippen LogP contribution in [0.1, 0.15) is 33.4 Å². The zero-order chi connectivity index (χ0) is 17.6. The number of ether oxygens (including phenoxy) is 2. The number of amides is 1.